The van der Waals surface area contributed by atoms with Gasteiger partial charge in [0.25, 0.3) is 5.91 Å². The van der Waals surface area contributed by atoms with Crippen molar-refractivity contribution in [2.75, 3.05) is 6.54 Å². The molecule has 1 heterocycles. The van der Waals surface area contributed by atoms with Crippen LogP contribution in [-0.2, 0) is 14.8 Å². The lowest BCUT2D eigenvalue weighted by Crippen LogP contribution is -2.58. The Kier molecular flexibility index (Phi) is 6.16. The van der Waals surface area contributed by atoms with Crippen molar-refractivity contribution >= 4 is 27.5 Å². The number of fused-ring (bicyclic) bond motifs is 1. The lowest BCUT2D eigenvalue weighted by molar-refractivity contribution is -0.138. The van der Waals surface area contributed by atoms with Gasteiger partial charge in [0.15, 0.2) is 0 Å². The topological polar surface area (TPSA) is 86.7 Å². The van der Waals surface area contributed by atoms with Gasteiger partial charge in [-0.15, -0.1) is 0 Å². The van der Waals surface area contributed by atoms with Gasteiger partial charge in [-0.25, -0.2) is 13.9 Å². The number of benzene rings is 2. The third-order valence-electron chi connectivity index (χ3n) is 6.40. The zero-order valence-corrected chi connectivity index (χ0v) is 18.1. The summed E-state index contributed by atoms with van der Waals surface area (Å²) in [7, 11) is -4.04. The molecular formula is C22H25ClN2O4S. The normalized spacial score (nSPS) is 24.8. The molecule has 0 bridgehead atoms. The number of nitrogens with one attached hydrogen (secondary N) is 1. The maximum atomic E-state index is 13.8. The standard InChI is InChI=1S/C22H25ClN2O4S/c23-17-10-11-18(15-6-2-1-3-7-15)20(14-17)30(28,29)25-13-12-16-8-4-5-9-19(16)21(25)22(26)24-27/h1-3,6-7,10-11,14,16,19,21,27H,4-5,8-9,12-13H2,(H,24,26). The van der Waals surface area contributed by atoms with E-state index in [1.54, 1.807) is 17.6 Å². The van der Waals surface area contributed by atoms with Crippen molar-refractivity contribution in [3.05, 3.63) is 53.6 Å². The van der Waals surface area contributed by atoms with Crippen molar-refractivity contribution in [1.82, 2.24) is 9.79 Å². The van der Waals surface area contributed by atoms with Gasteiger partial charge in [-0.2, -0.15) is 4.31 Å². The molecule has 3 atom stereocenters. The molecule has 0 aromatic heterocycles. The summed E-state index contributed by atoms with van der Waals surface area (Å²) >= 11 is 6.18. The van der Waals surface area contributed by atoms with E-state index in [1.807, 2.05) is 30.3 Å². The second-order valence-corrected chi connectivity index (χ2v) is 10.3. The van der Waals surface area contributed by atoms with E-state index in [0.29, 0.717) is 22.9 Å². The van der Waals surface area contributed by atoms with Crippen molar-refractivity contribution in [1.29, 1.82) is 0 Å². The molecule has 0 spiro atoms. The zero-order chi connectivity index (χ0) is 21.3. The summed E-state index contributed by atoms with van der Waals surface area (Å²) in [4.78, 5) is 12.7. The zero-order valence-electron chi connectivity index (χ0n) is 16.5. The van der Waals surface area contributed by atoms with Crippen LogP contribution < -0.4 is 5.48 Å². The third kappa shape index (κ3) is 3.87. The summed E-state index contributed by atoms with van der Waals surface area (Å²) in [5.74, 6) is -0.479. The predicted octanol–water partition coefficient (Wildman–Crippen LogP) is 4.08. The molecule has 1 amide bonds. The first-order valence-corrected chi connectivity index (χ1v) is 12.1. The minimum absolute atomic E-state index is 0.0752. The summed E-state index contributed by atoms with van der Waals surface area (Å²) in [6, 6.07) is 13.1. The van der Waals surface area contributed by atoms with Gasteiger partial charge in [0, 0.05) is 17.1 Å². The summed E-state index contributed by atoms with van der Waals surface area (Å²) in [5, 5.41) is 9.68. The Hall–Kier alpha value is -1.93. The molecule has 2 aliphatic rings. The van der Waals surface area contributed by atoms with E-state index in [1.165, 1.54) is 10.4 Å². The Labute approximate surface area is 181 Å². The number of nitrogens with zero attached hydrogens (tertiary/aromatic N) is 1. The first-order valence-electron chi connectivity index (χ1n) is 10.2. The van der Waals surface area contributed by atoms with Crippen LogP contribution in [0.3, 0.4) is 0 Å². The van der Waals surface area contributed by atoms with Crippen molar-refractivity contribution in [2.45, 2.75) is 43.0 Å². The number of carbonyl (C=O) groups is 1. The van der Waals surface area contributed by atoms with Crippen LogP contribution in [0.15, 0.2) is 53.4 Å². The summed E-state index contributed by atoms with van der Waals surface area (Å²) in [5.41, 5.74) is 3.00. The highest BCUT2D eigenvalue weighted by Gasteiger charge is 2.48. The monoisotopic (exact) mass is 448 g/mol. The molecule has 0 radical (unpaired) electrons. The number of amides is 1. The number of piperidine rings is 1. The number of sulfonamides is 1. The first kappa shape index (κ1) is 21.3. The van der Waals surface area contributed by atoms with Crippen LogP contribution in [-0.4, -0.2) is 36.4 Å². The number of rotatable bonds is 4. The number of hydrogen-bond acceptors (Lipinski definition) is 4. The van der Waals surface area contributed by atoms with Crippen molar-refractivity contribution in [3.8, 4) is 11.1 Å². The Balaban J connectivity index is 1.81. The average molecular weight is 449 g/mol. The molecule has 4 rings (SSSR count). The number of halogens is 1. The maximum Gasteiger partial charge on any atom is 0.262 e. The minimum atomic E-state index is -4.04. The fraction of sp³-hybridized carbons (Fsp3) is 0.409. The number of carbonyl (C=O) groups excluding carboxylic acids is 1. The highest BCUT2D eigenvalue weighted by molar-refractivity contribution is 7.89. The lowest BCUT2D eigenvalue weighted by Gasteiger charge is -2.45. The summed E-state index contributed by atoms with van der Waals surface area (Å²) in [6.07, 6.45) is 4.51. The van der Waals surface area contributed by atoms with Crippen LogP contribution in [0.25, 0.3) is 11.1 Å². The minimum Gasteiger partial charge on any atom is -0.289 e. The van der Waals surface area contributed by atoms with Gasteiger partial charge in [0.1, 0.15) is 6.04 Å². The molecule has 160 valence electrons. The van der Waals surface area contributed by atoms with Gasteiger partial charge >= 0.3 is 0 Å². The molecule has 3 unspecified atom stereocenters. The van der Waals surface area contributed by atoms with E-state index in [2.05, 4.69) is 0 Å². The van der Waals surface area contributed by atoms with Crippen LogP contribution in [0, 0.1) is 11.8 Å². The second kappa shape index (κ2) is 8.67. The van der Waals surface area contributed by atoms with Gasteiger partial charge in [0.05, 0.1) is 4.90 Å². The van der Waals surface area contributed by atoms with Gasteiger partial charge in [-0.05, 0) is 42.4 Å². The molecular weight excluding hydrogens is 424 g/mol. The molecule has 6 nitrogen and oxygen atoms in total. The predicted molar refractivity (Wildman–Crippen MR) is 115 cm³/mol. The molecule has 1 aliphatic heterocycles. The molecule has 2 aromatic carbocycles. The quantitative estimate of drug-likeness (QED) is 0.545. The lowest BCUT2D eigenvalue weighted by atomic mass is 9.71. The van der Waals surface area contributed by atoms with Crippen LogP contribution in [0.1, 0.15) is 32.1 Å². The van der Waals surface area contributed by atoms with Crippen LogP contribution in [0.4, 0.5) is 0 Å². The smallest absolute Gasteiger partial charge is 0.262 e. The molecule has 2 fully saturated rings. The van der Waals surface area contributed by atoms with Crippen molar-refractivity contribution < 1.29 is 18.4 Å². The van der Waals surface area contributed by atoms with Gasteiger partial charge in [0.2, 0.25) is 10.0 Å². The van der Waals surface area contributed by atoms with E-state index in [9.17, 15) is 18.4 Å². The van der Waals surface area contributed by atoms with E-state index in [-0.39, 0.29) is 17.4 Å². The molecule has 1 saturated carbocycles. The van der Waals surface area contributed by atoms with Crippen LogP contribution in [0.2, 0.25) is 5.02 Å². The average Bonchev–Trinajstić information content (AvgIpc) is 2.78. The largest absolute Gasteiger partial charge is 0.289 e. The Morgan fingerprint density at radius 1 is 1.07 bits per heavy atom. The molecule has 2 aromatic rings. The van der Waals surface area contributed by atoms with Crippen LogP contribution in [0.5, 0.6) is 0 Å². The third-order valence-corrected chi connectivity index (χ3v) is 8.55. The van der Waals surface area contributed by atoms with Crippen molar-refractivity contribution in [3.63, 3.8) is 0 Å². The molecule has 8 heteroatoms. The summed E-state index contributed by atoms with van der Waals surface area (Å²) in [6.45, 7) is 0.238. The molecule has 2 N–H and O–H groups in total. The number of hydrogen-bond donors (Lipinski definition) is 2. The van der Waals surface area contributed by atoms with Crippen LogP contribution >= 0.6 is 11.6 Å². The molecule has 30 heavy (non-hydrogen) atoms. The second-order valence-electron chi connectivity index (χ2n) is 8.04. The fourth-order valence-electron chi connectivity index (χ4n) is 5.01. The van der Waals surface area contributed by atoms with E-state index < -0.39 is 22.0 Å². The highest BCUT2D eigenvalue weighted by Crippen LogP contribution is 2.43. The Bertz CT molecular complexity index is 1030. The first-order chi connectivity index (χ1) is 14.4. The number of hydroxylamine groups is 1. The van der Waals surface area contributed by atoms with E-state index in [0.717, 1.165) is 31.2 Å². The van der Waals surface area contributed by atoms with Gasteiger partial charge < -0.3 is 0 Å². The molecule has 1 aliphatic carbocycles. The summed E-state index contributed by atoms with van der Waals surface area (Å²) < 4.78 is 29.0. The fourth-order valence-corrected chi connectivity index (χ4v) is 7.14. The molecule has 1 saturated heterocycles. The Morgan fingerprint density at radius 2 is 1.80 bits per heavy atom. The highest BCUT2D eigenvalue weighted by atomic mass is 35.5. The van der Waals surface area contributed by atoms with E-state index in [4.69, 9.17) is 11.6 Å². The SMILES string of the molecule is O=C(NO)C1C2CCCCC2CCN1S(=O)(=O)c1cc(Cl)ccc1-c1ccccc1. The maximum absolute atomic E-state index is 13.8. The van der Waals surface area contributed by atoms with Crippen molar-refractivity contribution in [2.24, 2.45) is 11.8 Å². The van der Waals surface area contributed by atoms with Gasteiger partial charge in [-0.1, -0.05) is 67.3 Å². The van der Waals surface area contributed by atoms with Gasteiger partial charge in [-0.3, -0.25) is 10.0 Å². The van der Waals surface area contributed by atoms with E-state index >= 15 is 0 Å². The Morgan fingerprint density at radius 3 is 2.53 bits per heavy atom.